The number of aliphatic carboxylic acids is 1. The van der Waals surface area contributed by atoms with Crippen LogP contribution in [0, 0.1) is 62.6 Å². The van der Waals surface area contributed by atoms with Crippen LogP contribution in [0.25, 0.3) is 0 Å². The normalized spacial score (nSPS) is 40.6. The van der Waals surface area contributed by atoms with Crippen molar-refractivity contribution in [3.63, 3.8) is 0 Å². The van der Waals surface area contributed by atoms with Crippen LogP contribution in [0.5, 0.6) is 0 Å². The molecule has 1 aliphatic heterocycles. The molecule has 0 aromatic carbocycles. The molecule has 1 saturated heterocycles. The lowest BCUT2D eigenvalue weighted by molar-refractivity contribution is -0.253. The van der Waals surface area contributed by atoms with Crippen LogP contribution in [0.3, 0.4) is 0 Å². The second kappa shape index (κ2) is 14.5. The largest absolute Gasteiger partial charge is 0.481 e. The van der Waals surface area contributed by atoms with Crippen LogP contribution in [0.1, 0.15) is 131 Å². The van der Waals surface area contributed by atoms with E-state index < -0.39 is 29.9 Å². The second-order valence-corrected chi connectivity index (χ2v) is 19.9. The van der Waals surface area contributed by atoms with Gasteiger partial charge in [0, 0.05) is 22.9 Å². The summed E-state index contributed by atoms with van der Waals surface area (Å²) in [6.07, 6.45) is 9.20. The number of fused-ring (bicyclic) bond motifs is 3. The van der Waals surface area contributed by atoms with Crippen molar-refractivity contribution in [2.24, 2.45) is 62.6 Å². The number of carbonyl (C=O) groups is 2. The highest BCUT2D eigenvalue weighted by Crippen LogP contribution is 2.75. The molecule has 10 nitrogen and oxygen atoms in total. The van der Waals surface area contributed by atoms with Crippen LogP contribution in [0.15, 0.2) is 18.0 Å². The maximum Gasteiger partial charge on any atom is 0.307 e. The van der Waals surface area contributed by atoms with Crippen molar-refractivity contribution >= 4 is 11.9 Å². The number of nitrogens with one attached hydrogen (secondary N) is 2. The van der Waals surface area contributed by atoms with Gasteiger partial charge in [0.1, 0.15) is 13.0 Å². The summed E-state index contributed by atoms with van der Waals surface area (Å²) >= 11 is 0. The van der Waals surface area contributed by atoms with Crippen molar-refractivity contribution in [1.82, 2.24) is 25.4 Å². The number of allylic oxidation sites excluding steroid dienone is 1. The number of carboxylic acid groups (broad SMARTS) is 1. The summed E-state index contributed by atoms with van der Waals surface area (Å²) in [4.78, 5) is 30.9. The van der Waals surface area contributed by atoms with E-state index in [0.29, 0.717) is 44.0 Å². The number of ether oxygens (including phenoxy) is 2. The van der Waals surface area contributed by atoms with E-state index in [9.17, 15) is 19.1 Å². The molecule has 1 unspecified atom stereocenters. The molecule has 4 fully saturated rings. The van der Waals surface area contributed by atoms with Gasteiger partial charge in [-0.15, -0.1) is 5.10 Å². The molecule has 6 rings (SSSR count). The minimum absolute atomic E-state index is 0.0235. The number of hydrogen-bond acceptors (Lipinski definition) is 7. The molecular weight excluding hydrogens is 686 g/mol. The van der Waals surface area contributed by atoms with Gasteiger partial charge in [0.25, 0.3) is 5.91 Å². The van der Waals surface area contributed by atoms with Gasteiger partial charge >= 0.3 is 5.97 Å². The van der Waals surface area contributed by atoms with E-state index in [4.69, 9.17) is 14.6 Å². The molecule has 5 aliphatic rings. The van der Waals surface area contributed by atoms with Crippen LogP contribution in [-0.4, -0.2) is 83.0 Å². The van der Waals surface area contributed by atoms with Crippen molar-refractivity contribution in [2.45, 2.75) is 132 Å². The van der Waals surface area contributed by atoms with Crippen molar-refractivity contribution in [3.8, 4) is 0 Å². The Labute approximate surface area is 323 Å². The van der Waals surface area contributed by atoms with Crippen LogP contribution < -0.4 is 10.6 Å². The van der Waals surface area contributed by atoms with Crippen LogP contribution in [0.4, 0.5) is 4.39 Å². The van der Waals surface area contributed by atoms with Crippen molar-refractivity contribution in [3.05, 3.63) is 23.8 Å². The summed E-state index contributed by atoms with van der Waals surface area (Å²) in [6.45, 7) is 26.5. The van der Waals surface area contributed by atoms with E-state index in [-0.39, 0.29) is 63.5 Å². The lowest BCUT2D eigenvalue weighted by atomic mass is 9.34. The Kier molecular flexibility index (Phi) is 11.1. The monoisotopic (exact) mass is 756 g/mol. The number of nitrogens with zero attached hydrogens (tertiary/aromatic N) is 3. The third kappa shape index (κ3) is 6.11. The van der Waals surface area contributed by atoms with Crippen molar-refractivity contribution in [1.29, 1.82) is 0 Å². The highest BCUT2D eigenvalue weighted by molar-refractivity contribution is 5.90. The highest BCUT2D eigenvalue weighted by atomic mass is 19.1. The number of halogens is 1. The molecule has 2 bridgehead atoms. The standard InChI is InChI=1S/C43H70FN5O5/c1-12-47-42(11,27(4)5)23-54-34-31(49-25-46-35(48-49)36(50)45-20-19-44)21-43-24-53-22-39(34,8)32(43)14-13-29-30(43)15-16-41(10)33(37(51)52)38(7,28(6)26(2)3)17-18-40(29,41)9/h15,25-29,31-34,47H,12-14,16-24H2,1-11H3,(H,45,50)(H,51,52)/t28-,29+,31-,32+,33-,34+,38-,39+,40-,41+,42+,43?/m1/s1. The first-order valence-corrected chi connectivity index (χ1v) is 20.9. The van der Waals surface area contributed by atoms with E-state index in [2.05, 4.69) is 97.9 Å². The van der Waals surface area contributed by atoms with E-state index >= 15 is 0 Å². The summed E-state index contributed by atoms with van der Waals surface area (Å²) < 4.78 is 28.8. The first-order valence-electron chi connectivity index (χ1n) is 20.9. The van der Waals surface area contributed by atoms with E-state index in [1.807, 2.05) is 4.68 Å². The fourth-order valence-corrected chi connectivity index (χ4v) is 13.0. The Morgan fingerprint density at radius 2 is 1.83 bits per heavy atom. The smallest absolute Gasteiger partial charge is 0.307 e. The Morgan fingerprint density at radius 3 is 2.46 bits per heavy atom. The van der Waals surface area contributed by atoms with Gasteiger partial charge in [-0.05, 0) is 97.8 Å². The van der Waals surface area contributed by atoms with Gasteiger partial charge in [-0.2, -0.15) is 0 Å². The second-order valence-electron chi connectivity index (χ2n) is 19.9. The number of rotatable bonds is 13. The topological polar surface area (TPSA) is 128 Å². The van der Waals surface area contributed by atoms with E-state index in [0.717, 1.165) is 38.6 Å². The van der Waals surface area contributed by atoms with Gasteiger partial charge in [0.2, 0.25) is 5.82 Å². The number of amides is 1. The third-order valence-electron chi connectivity index (χ3n) is 16.9. The van der Waals surface area contributed by atoms with E-state index in [1.54, 1.807) is 6.33 Å². The molecule has 12 atom stereocenters. The quantitative estimate of drug-likeness (QED) is 0.177. The molecule has 0 radical (unpaired) electrons. The first-order chi connectivity index (χ1) is 25.3. The number of aromatic nitrogens is 3. The van der Waals surface area contributed by atoms with Gasteiger partial charge < -0.3 is 25.2 Å². The lowest BCUT2D eigenvalue weighted by Crippen LogP contribution is -2.69. The molecule has 1 aromatic heterocycles. The Morgan fingerprint density at radius 1 is 1.11 bits per heavy atom. The summed E-state index contributed by atoms with van der Waals surface area (Å²) in [5.74, 6) is -0.0684. The molecule has 2 heterocycles. The van der Waals surface area contributed by atoms with Gasteiger partial charge in [-0.25, -0.2) is 14.1 Å². The predicted octanol–water partition coefficient (Wildman–Crippen LogP) is 7.52. The van der Waals surface area contributed by atoms with Crippen molar-refractivity contribution < 1.29 is 28.6 Å². The molecule has 3 saturated carbocycles. The average Bonchev–Trinajstić information content (AvgIpc) is 3.60. The Balaban J connectivity index is 1.44. The number of carbonyl (C=O) groups excluding carboxylic acids is 1. The molecule has 304 valence electrons. The number of likely N-dealkylation sites (N-methyl/N-ethyl adjacent to an activating group) is 1. The zero-order valence-electron chi connectivity index (χ0n) is 35.1. The van der Waals surface area contributed by atoms with E-state index in [1.165, 1.54) is 5.57 Å². The fraction of sp³-hybridized carbons (Fsp3) is 0.860. The summed E-state index contributed by atoms with van der Waals surface area (Å²) in [6, 6.07) is -0.238. The molecule has 11 heteroatoms. The zero-order chi connectivity index (χ0) is 39.6. The molecule has 3 N–H and O–H groups in total. The van der Waals surface area contributed by atoms with Gasteiger partial charge in [-0.3, -0.25) is 9.59 Å². The SMILES string of the molecule is CCN[C@@](C)(CO[C@H]1[C@H](n2cnc(C(=O)NCCF)n2)CC23COC[C@@]1(C)[C@@H]2CC[C@H]1C3=CC[C@@]2(C)[C@H](C(=O)O)[C@@](C)([C@H](C)C(C)C)CC[C@]12C)C(C)C. The maximum atomic E-state index is 13.5. The van der Waals surface area contributed by atoms with Crippen LogP contribution in [0.2, 0.25) is 0 Å². The summed E-state index contributed by atoms with van der Waals surface area (Å²) in [5.41, 5.74) is -0.409. The van der Waals surface area contributed by atoms with Crippen molar-refractivity contribution in [2.75, 3.05) is 39.6 Å². The van der Waals surface area contributed by atoms with Crippen LogP contribution >= 0.6 is 0 Å². The molecule has 4 aliphatic carbocycles. The highest BCUT2D eigenvalue weighted by Gasteiger charge is 2.72. The number of alkyl halides is 1. The van der Waals surface area contributed by atoms with Crippen LogP contribution in [-0.2, 0) is 14.3 Å². The average molecular weight is 756 g/mol. The minimum Gasteiger partial charge on any atom is -0.481 e. The summed E-state index contributed by atoms with van der Waals surface area (Å²) in [7, 11) is 0. The van der Waals surface area contributed by atoms with Gasteiger partial charge in [0.05, 0.1) is 37.9 Å². The fourth-order valence-electron chi connectivity index (χ4n) is 13.0. The Hall–Kier alpha value is -2.37. The number of hydrogen-bond donors (Lipinski definition) is 3. The maximum absolute atomic E-state index is 13.5. The minimum atomic E-state index is -0.662. The zero-order valence-corrected chi connectivity index (χ0v) is 35.1. The summed E-state index contributed by atoms with van der Waals surface area (Å²) in [5, 5.41) is 22.1. The van der Waals surface area contributed by atoms with Gasteiger partial charge in [0.15, 0.2) is 0 Å². The number of carboxylic acids is 1. The lowest BCUT2D eigenvalue weighted by Gasteiger charge is -2.71. The molecule has 54 heavy (non-hydrogen) atoms. The first kappa shape index (κ1) is 41.3. The van der Waals surface area contributed by atoms with Gasteiger partial charge in [-0.1, -0.05) is 80.9 Å². The third-order valence-corrected chi connectivity index (χ3v) is 16.9. The molecular formula is C43H70FN5O5. The predicted molar refractivity (Wildman–Crippen MR) is 208 cm³/mol. The molecule has 1 amide bonds. The molecule has 0 spiro atoms. The Bertz CT molecular complexity index is 1600. The molecule has 1 aromatic rings.